The predicted octanol–water partition coefficient (Wildman–Crippen LogP) is 3.43. The van der Waals surface area contributed by atoms with Gasteiger partial charge < -0.3 is 5.11 Å². The normalized spacial score (nSPS) is 11.4. The third kappa shape index (κ3) is 3.65. The highest BCUT2D eigenvalue weighted by Gasteiger charge is 2.17. The highest BCUT2D eigenvalue weighted by atomic mass is 35.5. The molecule has 2 rings (SSSR count). The second kappa shape index (κ2) is 6.19. The Morgan fingerprint density at radius 3 is 2.43 bits per heavy atom. The van der Waals surface area contributed by atoms with Crippen LogP contribution in [-0.2, 0) is 16.6 Å². The van der Waals surface area contributed by atoms with E-state index in [2.05, 4.69) is 4.72 Å². The Labute approximate surface area is 131 Å². The molecule has 0 aliphatic carbocycles. The first-order valence-electron chi connectivity index (χ1n) is 5.70. The molecule has 0 aliphatic heterocycles. The van der Waals surface area contributed by atoms with Gasteiger partial charge in [0.2, 0.25) is 0 Å². The molecule has 8 heteroatoms. The Morgan fingerprint density at radius 2 is 1.81 bits per heavy atom. The molecule has 4 nitrogen and oxygen atoms in total. The van der Waals surface area contributed by atoms with Crippen LogP contribution in [0.25, 0.3) is 0 Å². The van der Waals surface area contributed by atoms with E-state index >= 15 is 0 Å². The third-order valence-corrected chi connectivity index (χ3v) is 4.79. The van der Waals surface area contributed by atoms with Gasteiger partial charge in [0, 0.05) is 5.56 Å². The molecule has 0 saturated carbocycles. The summed E-state index contributed by atoms with van der Waals surface area (Å²) in [6.45, 7) is -0.431. The largest absolute Gasteiger partial charge is 0.392 e. The number of benzene rings is 2. The van der Waals surface area contributed by atoms with Gasteiger partial charge in [0.1, 0.15) is 5.82 Å². The number of hydrogen-bond donors (Lipinski definition) is 2. The fraction of sp³-hybridized carbons (Fsp3) is 0.0769. The zero-order valence-corrected chi connectivity index (χ0v) is 12.8. The molecule has 21 heavy (non-hydrogen) atoms. The lowest BCUT2D eigenvalue weighted by Gasteiger charge is -2.12. The van der Waals surface area contributed by atoms with Crippen molar-refractivity contribution in [1.82, 2.24) is 0 Å². The van der Waals surface area contributed by atoms with Crippen LogP contribution in [0.2, 0.25) is 10.0 Å². The fourth-order valence-corrected chi connectivity index (χ4v) is 3.11. The topological polar surface area (TPSA) is 66.4 Å². The average molecular weight is 350 g/mol. The molecule has 112 valence electrons. The molecule has 0 saturated heterocycles. The van der Waals surface area contributed by atoms with Crippen molar-refractivity contribution < 1.29 is 17.9 Å². The maximum Gasteiger partial charge on any atom is 0.261 e. The van der Waals surface area contributed by atoms with Crippen molar-refractivity contribution in [3.05, 3.63) is 57.8 Å². The zero-order valence-electron chi connectivity index (χ0n) is 10.5. The standard InChI is InChI=1S/C13H10Cl2FNO3S/c14-11-4-3-10(6-12(11)15)21(19,20)17-13-5-9(16)2-1-8(13)7-18/h1-6,17-18H,7H2. The van der Waals surface area contributed by atoms with E-state index in [-0.39, 0.29) is 26.2 Å². The van der Waals surface area contributed by atoms with E-state index in [0.29, 0.717) is 0 Å². The number of anilines is 1. The van der Waals surface area contributed by atoms with Gasteiger partial charge in [0.25, 0.3) is 10.0 Å². The number of hydrogen-bond acceptors (Lipinski definition) is 3. The van der Waals surface area contributed by atoms with Gasteiger partial charge in [-0.05, 0) is 30.3 Å². The highest BCUT2D eigenvalue weighted by Crippen LogP contribution is 2.27. The molecule has 0 heterocycles. The van der Waals surface area contributed by atoms with Gasteiger partial charge in [-0.25, -0.2) is 12.8 Å². The molecule has 0 aliphatic rings. The lowest BCUT2D eigenvalue weighted by molar-refractivity contribution is 0.282. The van der Waals surface area contributed by atoms with E-state index in [1.165, 1.54) is 24.3 Å². The van der Waals surface area contributed by atoms with Gasteiger partial charge in [0.15, 0.2) is 0 Å². The van der Waals surface area contributed by atoms with Crippen LogP contribution in [0, 0.1) is 5.82 Å². The minimum absolute atomic E-state index is 0.0384. The summed E-state index contributed by atoms with van der Waals surface area (Å²) in [6.07, 6.45) is 0. The van der Waals surface area contributed by atoms with Gasteiger partial charge in [-0.1, -0.05) is 29.3 Å². The Bertz CT molecular complexity index is 781. The van der Waals surface area contributed by atoms with Gasteiger partial charge in [-0.3, -0.25) is 4.72 Å². The van der Waals surface area contributed by atoms with Crippen molar-refractivity contribution in [2.45, 2.75) is 11.5 Å². The second-order valence-electron chi connectivity index (χ2n) is 4.14. The Balaban J connectivity index is 2.41. The molecule has 0 bridgehead atoms. The molecule has 0 aromatic heterocycles. The summed E-state index contributed by atoms with van der Waals surface area (Å²) in [5, 5.41) is 9.47. The average Bonchev–Trinajstić information content (AvgIpc) is 2.41. The van der Waals surface area contributed by atoms with Crippen molar-refractivity contribution in [1.29, 1.82) is 0 Å². The summed E-state index contributed by atoms with van der Waals surface area (Å²) < 4.78 is 39.9. The Morgan fingerprint density at radius 1 is 1.10 bits per heavy atom. The summed E-state index contributed by atoms with van der Waals surface area (Å²) in [5.41, 5.74) is 0.212. The maximum atomic E-state index is 13.2. The molecule has 2 aromatic carbocycles. The second-order valence-corrected chi connectivity index (χ2v) is 6.64. The van der Waals surface area contributed by atoms with Crippen molar-refractivity contribution in [3.63, 3.8) is 0 Å². The van der Waals surface area contributed by atoms with Gasteiger partial charge >= 0.3 is 0 Å². The number of rotatable bonds is 4. The zero-order chi connectivity index (χ0) is 15.6. The number of nitrogens with one attached hydrogen (secondary N) is 1. The molecule has 0 amide bonds. The molecule has 0 spiro atoms. The molecule has 2 N–H and O–H groups in total. The van der Waals surface area contributed by atoms with Crippen molar-refractivity contribution >= 4 is 38.9 Å². The van der Waals surface area contributed by atoms with E-state index in [1.54, 1.807) is 0 Å². The number of halogens is 3. The minimum atomic E-state index is -3.97. The van der Waals surface area contributed by atoms with Gasteiger partial charge in [-0.2, -0.15) is 0 Å². The van der Waals surface area contributed by atoms with Crippen molar-refractivity contribution in [2.24, 2.45) is 0 Å². The Kier molecular flexibility index (Phi) is 4.73. The van der Waals surface area contributed by atoms with E-state index in [0.717, 1.165) is 12.1 Å². The molecular formula is C13H10Cl2FNO3S. The summed E-state index contributed by atoms with van der Waals surface area (Å²) in [4.78, 5) is -0.120. The quantitative estimate of drug-likeness (QED) is 0.888. The van der Waals surface area contributed by atoms with E-state index < -0.39 is 22.4 Å². The monoisotopic (exact) mass is 349 g/mol. The number of sulfonamides is 1. The molecular weight excluding hydrogens is 340 g/mol. The van der Waals surface area contributed by atoms with Crippen LogP contribution in [0.15, 0.2) is 41.3 Å². The molecule has 2 aromatic rings. The Hall–Kier alpha value is -1.34. The van der Waals surface area contributed by atoms with Crippen LogP contribution in [0.5, 0.6) is 0 Å². The van der Waals surface area contributed by atoms with E-state index in [4.69, 9.17) is 28.3 Å². The van der Waals surface area contributed by atoms with Crippen LogP contribution in [0.1, 0.15) is 5.56 Å². The third-order valence-electron chi connectivity index (χ3n) is 2.69. The lowest BCUT2D eigenvalue weighted by atomic mass is 10.2. The summed E-state index contributed by atoms with van der Waals surface area (Å²) in [6, 6.07) is 7.21. The first-order valence-corrected chi connectivity index (χ1v) is 7.94. The molecule has 0 atom stereocenters. The number of aliphatic hydroxyl groups is 1. The maximum absolute atomic E-state index is 13.2. The minimum Gasteiger partial charge on any atom is -0.392 e. The summed E-state index contributed by atoms with van der Waals surface area (Å²) >= 11 is 11.5. The van der Waals surface area contributed by atoms with Gasteiger partial charge in [0.05, 0.1) is 27.2 Å². The first kappa shape index (κ1) is 16.0. The van der Waals surface area contributed by atoms with Crippen LogP contribution in [-0.4, -0.2) is 13.5 Å². The summed E-state index contributed by atoms with van der Waals surface area (Å²) in [7, 11) is -3.97. The van der Waals surface area contributed by atoms with Crippen LogP contribution >= 0.6 is 23.2 Å². The first-order chi connectivity index (χ1) is 9.83. The summed E-state index contributed by atoms with van der Waals surface area (Å²) in [5.74, 6) is -0.626. The number of aliphatic hydroxyl groups excluding tert-OH is 1. The van der Waals surface area contributed by atoms with Crippen molar-refractivity contribution in [2.75, 3.05) is 4.72 Å². The highest BCUT2D eigenvalue weighted by molar-refractivity contribution is 7.92. The van der Waals surface area contributed by atoms with Crippen LogP contribution in [0.4, 0.5) is 10.1 Å². The smallest absolute Gasteiger partial charge is 0.261 e. The van der Waals surface area contributed by atoms with Crippen molar-refractivity contribution in [3.8, 4) is 0 Å². The van der Waals surface area contributed by atoms with Crippen LogP contribution < -0.4 is 4.72 Å². The molecule has 0 radical (unpaired) electrons. The van der Waals surface area contributed by atoms with Crippen LogP contribution in [0.3, 0.4) is 0 Å². The lowest BCUT2D eigenvalue weighted by Crippen LogP contribution is -2.14. The fourth-order valence-electron chi connectivity index (χ4n) is 1.63. The van der Waals surface area contributed by atoms with E-state index in [9.17, 15) is 12.8 Å². The molecule has 0 fully saturated rings. The molecule has 0 unspecified atom stereocenters. The predicted molar refractivity (Wildman–Crippen MR) is 79.6 cm³/mol. The van der Waals surface area contributed by atoms with E-state index in [1.807, 2.05) is 0 Å². The van der Waals surface area contributed by atoms with Gasteiger partial charge in [-0.15, -0.1) is 0 Å². The SMILES string of the molecule is O=S(=O)(Nc1cc(F)ccc1CO)c1ccc(Cl)c(Cl)c1.